The number of hydrazone groups is 1. The van der Waals surface area contributed by atoms with E-state index < -0.39 is 0 Å². The molecule has 1 aromatic heterocycles. The summed E-state index contributed by atoms with van der Waals surface area (Å²) in [5, 5.41) is 20.4. The second-order valence-electron chi connectivity index (χ2n) is 7.98. The van der Waals surface area contributed by atoms with Crippen molar-refractivity contribution in [2.24, 2.45) is 5.10 Å². The van der Waals surface area contributed by atoms with Gasteiger partial charge in [-0.2, -0.15) is 10.2 Å². The molecule has 0 saturated carbocycles. The molecule has 162 valence electrons. The highest BCUT2D eigenvalue weighted by molar-refractivity contribution is 9.10. The van der Waals surface area contributed by atoms with E-state index in [1.165, 1.54) is 5.56 Å². The molecule has 0 bridgehead atoms. The van der Waals surface area contributed by atoms with Crippen LogP contribution in [-0.2, 0) is 6.42 Å². The van der Waals surface area contributed by atoms with Crippen molar-refractivity contribution in [3.63, 3.8) is 0 Å². The molecule has 32 heavy (non-hydrogen) atoms. The molecule has 5 rings (SSSR count). The molecular formula is C25H24BrN5S. The summed E-state index contributed by atoms with van der Waals surface area (Å²) in [6.45, 7) is 2.85. The highest BCUT2D eigenvalue weighted by Crippen LogP contribution is 2.27. The fourth-order valence-corrected chi connectivity index (χ4v) is 5.32. The number of para-hydroxylation sites is 1. The Labute approximate surface area is 200 Å². The first-order valence-corrected chi connectivity index (χ1v) is 12.4. The zero-order valence-electron chi connectivity index (χ0n) is 17.8. The number of benzene rings is 3. The Kier molecular flexibility index (Phi) is 6.19. The van der Waals surface area contributed by atoms with Gasteiger partial charge in [-0.3, -0.25) is 10.1 Å². The van der Waals surface area contributed by atoms with Crippen LogP contribution in [0.25, 0.3) is 10.9 Å². The van der Waals surface area contributed by atoms with Gasteiger partial charge in [-0.05, 0) is 55.3 Å². The third kappa shape index (κ3) is 4.84. The largest absolute Gasteiger partial charge is 0.380 e. The summed E-state index contributed by atoms with van der Waals surface area (Å²) in [6, 6.07) is 25.6. The van der Waals surface area contributed by atoms with Gasteiger partial charge in [-0.25, -0.2) is 0 Å². The van der Waals surface area contributed by atoms with Crippen LogP contribution in [0, 0.1) is 6.92 Å². The highest BCUT2D eigenvalue weighted by Gasteiger charge is 2.21. The van der Waals surface area contributed by atoms with E-state index >= 15 is 0 Å². The lowest BCUT2D eigenvalue weighted by atomic mass is 10.1. The van der Waals surface area contributed by atoms with Crippen LogP contribution >= 0.6 is 27.7 Å². The summed E-state index contributed by atoms with van der Waals surface area (Å²) in [7, 11) is 0. The summed E-state index contributed by atoms with van der Waals surface area (Å²) in [5.41, 5.74) is 5.65. The summed E-state index contributed by atoms with van der Waals surface area (Å²) >= 11 is 5.39. The Bertz CT molecular complexity index is 1250. The predicted octanol–water partition coefficient (Wildman–Crippen LogP) is 6.03. The first-order chi connectivity index (χ1) is 15.6. The molecule has 1 aliphatic rings. The van der Waals surface area contributed by atoms with Crippen molar-refractivity contribution >= 4 is 49.3 Å². The minimum atomic E-state index is 0.231. The van der Waals surface area contributed by atoms with Gasteiger partial charge in [0, 0.05) is 27.2 Å². The van der Waals surface area contributed by atoms with Crippen LogP contribution < -0.4 is 5.32 Å². The molecule has 1 atom stereocenters. The zero-order valence-corrected chi connectivity index (χ0v) is 20.2. The maximum absolute atomic E-state index is 4.95. The topological polar surface area (TPSA) is 56.3 Å². The lowest BCUT2D eigenvalue weighted by Crippen LogP contribution is -2.34. The van der Waals surface area contributed by atoms with Crippen molar-refractivity contribution < 1.29 is 0 Å². The summed E-state index contributed by atoms with van der Waals surface area (Å²) in [4.78, 5) is 0. The normalized spacial score (nSPS) is 14.6. The number of halogens is 1. The van der Waals surface area contributed by atoms with Crippen LogP contribution in [0.1, 0.15) is 16.8 Å². The Morgan fingerprint density at radius 1 is 1.09 bits per heavy atom. The lowest BCUT2D eigenvalue weighted by molar-refractivity contribution is 0.328. The molecular weight excluding hydrogens is 482 g/mol. The van der Waals surface area contributed by atoms with Crippen LogP contribution in [0.3, 0.4) is 0 Å². The number of hydrogen-bond donors (Lipinski definition) is 2. The van der Waals surface area contributed by atoms with Crippen molar-refractivity contribution in [2.45, 2.75) is 19.4 Å². The van der Waals surface area contributed by atoms with Gasteiger partial charge < -0.3 is 5.32 Å². The zero-order chi connectivity index (χ0) is 21.9. The molecule has 7 heteroatoms. The molecule has 0 radical (unpaired) electrons. The number of anilines is 1. The molecule has 0 fully saturated rings. The van der Waals surface area contributed by atoms with Gasteiger partial charge in [0.1, 0.15) is 5.04 Å². The minimum absolute atomic E-state index is 0.231. The number of aryl methyl sites for hydroxylation is 1. The van der Waals surface area contributed by atoms with E-state index in [9.17, 15) is 0 Å². The van der Waals surface area contributed by atoms with Gasteiger partial charge in [0.25, 0.3) is 0 Å². The number of H-pyrrole nitrogens is 1. The second kappa shape index (κ2) is 9.38. The third-order valence-electron chi connectivity index (χ3n) is 5.53. The standard InChI is InChI=1S/C25H24BrN5S/c1-17-23-14-19(10-11-24(23)29-28-17)25-30-31(16-32-25)15-22(27-21-8-3-2-4-9-21)13-18-6-5-7-20(26)12-18/h2-12,14,22,27H,13,15-16H2,1H3,(H,28,29). The van der Waals surface area contributed by atoms with E-state index in [4.69, 9.17) is 5.10 Å². The summed E-state index contributed by atoms with van der Waals surface area (Å²) in [5.74, 6) is 0.850. The molecule has 1 unspecified atom stereocenters. The molecule has 0 aliphatic carbocycles. The molecule has 0 amide bonds. The monoisotopic (exact) mass is 505 g/mol. The van der Waals surface area contributed by atoms with Crippen LogP contribution in [-0.4, -0.2) is 38.7 Å². The SMILES string of the molecule is Cc1n[nH]c2ccc(C3=NN(CC(Cc4cccc(Br)c4)Nc4ccccc4)CS3)cc12. The van der Waals surface area contributed by atoms with Crippen molar-refractivity contribution in [1.82, 2.24) is 15.2 Å². The van der Waals surface area contributed by atoms with E-state index in [0.717, 1.165) is 56.2 Å². The fraction of sp³-hybridized carbons (Fsp3) is 0.200. The van der Waals surface area contributed by atoms with E-state index in [2.05, 4.69) is 103 Å². The number of rotatable bonds is 7. The first-order valence-electron chi connectivity index (χ1n) is 10.6. The van der Waals surface area contributed by atoms with Crippen molar-refractivity contribution in [2.75, 3.05) is 17.7 Å². The van der Waals surface area contributed by atoms with E-state index in [0.29, 0.717) is 0 Å². The fourth-order valence-electron chi connectivity index (χ4n) is 3.97. The molecule has 4 aromatic rings. The van der Waals surface area contributed by atoms with Gasteiger partial charge in [-0.15, -0.1) is 0 Å². The van der Waals surface area contributed by atoms with Crippen LogP contribution in [0.4, 0.5) is 5.69 Å². The summed E-state index contributed by atoms with van der Waals surface area (Å²) in [6.07, 6.45) is 0.917. The molecule has 0 spiro atoms. The van der Waals surface area contributed by atoms with Crippen molar-refractivity contribution in [3.05, 3.63) is 94.1 Å². The Morgan fingerprint density at radius 3 is 2.81 bits per heavy atom. The highest BCUT2D eigenvalue weighted by atomic mass is 79.9. The van der Waals surface area contributed by atoms with Crippen molar-refractivity contribution in [1.29, 1.82) is 0 Å². The maximum atomic E-state index is 4.95. The number of hydrogen-bond acceptors (Lipinski definition) is 5. The number of nitrogens with zero attached hydrogens (tertiary/aromatic N) is 3. The average molecular weight is 506 g/mol. The molecule has 1 aliphatic heterocycles. The van der Waals surface area contributed by atoms with Gasteiger partial charge in [0.05, 0.1) is 23.6 Å². The van der Waals surface area contributed by atoms with E-state index in [1.54, 1.807) is 11.8 Å². The van der Waals surface area contributed by atoms with E-state index in [-0.39, 0.29) is 6.04 Å². The average Bonchev–Trinajstić information content (AvgIpc) is 3.41. The van der Waals surface area contributed by atoms with Gasteiger partial charge in [-0.1, -0.05) is 64.1 Å². The first kappa shape index (κ1) is 21.1. The van der Waals surface area contributed by atoms with Crippen LogP contribution in [0.2, 0.25) is 0 Å². The molecule has 3 aromatic carbocycles. The second-order valence-corrected chi connectivity index (χ2v) is 9.83. The third-order valence-corrected chi connectivity index (χ3v) is 7.04. The van der Waals surface area contributed by atoms with E-state index in [1.807, 2.05) is 13.0 Å². The Morgan fingerprint density at radius 2 is 1.97 bits per heavy atom. The maximum Gasteiger partial charge on any atom is 0.125 e. The number of fused-ring (bicyclic) bond motifs is 1. The molecule has 2 heterocycles. The molecule has 5 nitrogen and oxygen atoms in total. The number of aromatic amines is 1. The minimum Gasteiger partial charge on any atom is -0.380 e. The van der Waals surface area contributed by atoms with Crippen molar-refractivity contribution in [3.8, 4) is 0 Å². The predicted molar refractivity (Wildman–Crippen MR) is 138 cm³/mol. The lowest BCUT2D eigenvalue weighted by Gasteiger charge is -2.24. The number of nitrogens with one attached hydrogen (secondary N) is 2. The summed E-state index contributed by atoms with van der Waals surface area (Å²) < 4.78 is 1.11. The van der Waals surface area contributed by atoms with Crippen LogP contribution in [0.15, 0.2) is 82.4 Å². The van der Waals surface area contributed by atoms with Gasteiger partial charge >= 0.3 is 0 Å². The Balaban J connectivity index is 1.35. The van der Waals surface area contributed by atoms with Crippen LogP contribution in [0.5, 0.6) is 0 Å². The Hall–Kier alpha value is -2.77. The number of aromatic nitrogens is 2. The van der Waals surface area contributed by atoms with Gasteiger partial charge in [0.15, 0.2) is 0 Å². The quantitative estimate of drug-likeness (QED) is 0.322. The molecule has 2 N–H and O–H groups in total. The smallest absolute Gasteiger partial charge is 0.125 e. The van der Waals surface area contributed by atoms with Gasteiger partial charge in [0.2, 0.25) is 0 Å². The molecule has 0 saturated heterocycles. The number of thioether (sulfide) groups is 1.